The molecular weight excluding hydrogens is 324 g/mol. The summed E-state index contributed by atoms with van der Waals surface area (Å²) in [5.41, 5.74) is 2.30. The van der Waals surface area contributed by atoms with Crippen LogP contribution in [-0.2, 0) is 10.0 Å². The first-order valence-corrected chi connectivity index (χ1v) is 8.96. The van der Waals surface area contributed by atoms with Gasteiger partial charge in [-0.1, -0.05) is 42.5 Å². The topological polar surface area (TPSA) is 86.9 Å². The van der Waals surface area contributed by atoms with Crippen LogP contribution < -0.4 is 10.0 Å². The minimum Gasteiger partial charge on any atom is -0.377 e. The Morgan fingerprint density at radius 2 is 1.67 bits per heavy atom. The van der Waals surface area contributed by atoms with Crippen molar-refractivity contribution in [2.75, 3.05) is 10.0 Å². The number of nitrogens with one attached hydrogen (secondary N) is 3. The summed E-state index contributed by atoms with van der Waals surface area (Å²) >= 11 is 0. The van der Waals surface area contributed by atoms with Crippen molar-refractivity contribution < 1.29 is 8.42 Å². The summed E-state index contributed by atoms with van der Waals surface area (Å²) in [6.45, 7) is 2.02. The number of imidazole rings is 1. The minimum atomic E-state index is -3.70. The van der Waals surface area contributed by atoms with E-state index in [9.17, 15) is 8.42 Å². The van der Waals surface area contributed by atoms with E-state index in [2.05, 4.69) is 20.0 Å². The molecule has 0 spiro atoms. The first-order chi connectivity index (χ1) is 11.6. The smallest absolute Gasteiger partial charge is 0.279 e. The van der Waals surface area contributed by atoms with E-state index in [0.717, 1.165) is 5.56 Å². The lowest BCUT2D eigenvalue weighted by atomic mass is 10.1. The first kappa shape index (κ1) is 16.1. The van der Waals surface area contributed by atoms with Crippen LogP contribution in [0.4, 0.5) is 11.4 Å². The summed E-state index contributed by atoms with van der Waals surface area (Å²) in [6, 6.07) is 17.2. The molecule has 0 saturated carbocycles. The van der Waals surface area contributed by atoms with Gasteiger partial charge in [-0.05, 0) is 24.6 Å². The van der Waals surface area contributed by atoms with Crippen molar-refractivity contribution in [3.05, 3.63) is 72.7 Å². The number of sulfonamides is 1. The van der Waals surface area contributed by atoms with Crippen molar-refractivity contribution in [3.8, 4) is 0 Å². The largest absolute Gasteiger partial charge is 0.377 e. The quantitative estimate of drug-likeness (QED) is 0.641. The van der Waals surface area contributed by atoms with Crippen LogP contribution in [0.3, 0.4) is 0 Å². The second-order valence-electron chi connectivity index (χ2n) is 5.34. The second kappa shape index (κ2) is 6.76. The van der Waals surface area contributed by atoms with Crippen molar-refractivity contribution in [2.24, 2.45) is 0 Å². The lowest BCUT2D eigenvalue weighted by Crippen LogP contribution is -2.15. The molecule has 0 aliphatic rings. The third kappa shape index (κ3) is 3.57. The summed E-state index contributed by atoms with van der Waals surface area (Å²) in [7, 11) is -3.70. The summed E-state index contributed by atoms with van der Waals surface area (Å²) < 4.78 is 27.3. The van der Waals surface area contributed by atoms with Crippen molar-refractivity contribution in [1.82, 2.24) is 9.97 Å². The van der Waals surface area contributed by atoms with E-state index in [1.165, 1.54) is 12.5 Å². The molecule has 124 valence electrons. The van der Waals surface area contributed by atoms with Crippen LogP contribution in [0.5, 0.6) is 0 Å². The predicted molar refractivity (Wildman–Crippen MR) is 94.3 cm³/mol. The third-order valence-corrected chi connectivity index (χ3v) is 4.90. The monoisotopic (exact) mass is 342 g/mol. The Labute approximate surface area is 141 Å². The lowest BCUT2D eigenvalue weighted by molar-refractivity contribution is 0.598. The van der Waals surface area contributed by atoms with Crippen LogP contribution >= 0.6 is 0 Å². The molecule has 3 N–H and O–H groups in total. The highest BCUT2D eigenvalue weighted by molar-refractivity contribution is 7.92. The zero-order chi connectivity index (χ0) is 17.0. The van der Waals surface area contributed by atoms with E-state index in [4.69, 9.17) is 0 Å². The van der Waals surface area contributed by atoms with Crippen molar-refractivity contribution in [3.63, 3.8) is 0 Å². The van der Waals surface area contributed by atoms with E-state index < -0.39 is 10.0 Å². The van der Waals surface area contributed by atoms with Gasteiger partial charge in [0.15, 0.2) is 5.03 Å². The number of nitrogens with zero attached hydrogens (tertiary/aromatic N) is 1. The molecule has 0 bridgehead atoms. The zero-order valence-corrected chi connectivity index (χ0v) is 13.9. The van der Waals surface area contributed by atoms with Crippen molar-refractivity contribution in [1.29, 1.82) is 0 Å². The Balaban J connectivity index is 1.84. The van der Waals surface area contributed by atoms with Gasteiger partial charge in [0.25, 0.3) is 10.0 Å². The van der Waals surface area contributed by atoms with Crippen molar-refractivity contribution >= 4 is 21.4 Å². The third-order valence-electron chi connectivity index (χ3n) is 3.61. The van der Waals surface area contributed by atoms with Gasteiger partial charge in [-0.2, -0.15) is 8.42 Å². The Hall–Kier alpha value is -2.80. The summed E-state index contributed by atoms with van der Waals surface area (Å²) in [5.74, 6) is 0. The molecule has 3 rings (SSSR count). The summed E-state index contributed by atoms with van der Waals surface area (Å²) in [4.78, 5) is 6.35. The molecule has 6 nitrogen and oxygen atoms in total. The molecule has 1 aromatic heterocycles. The van der Waals surface area contributed by atoms with E-state index in [1.54, 1.807) is 12.1 Å². The highest BCUT2D eigenvalue weighted by Crippen LogP contribution is 2.27. The maximum atomic E-state index is 12.4. The average molecular weight is 342 g/mol. The molecule has 7 heteroatoms. The normalized spacial score (nSPS) is 12.5. The van der Waals surface area contributed by atoms with Crippen LogP contribution in [0.1, 0.15) is 18.5 Å². The Bertz CT molecular complexity index is 893. The van der Waals surface area contributed by atoms with E-state index in [1.807, 2.05) is 49.4 Å². The summed E-state index contributed by atoms with van der Waals surface area (Å²) in [5, 5.41) is 3.36. The number of rotatable bonds is 6. The van der Waals surface area contributed by atoms with Crippen LogP contribution in [-0.4, -0.2) is 18.4 Å². The fraction of sp³-hybridized carbons (Fsp3) is 0.118. The number of hydrogen-bond donors (Lipinski definition) is 3. The van der Waals surface area contributed by atoms with E-state index in [-0.39, 0.29) is 11.1 Å². The molecule has 0 aliphatic carbocycles. The van der Waals surface area contributed by atoms with Crippen molar-refractivity contribution in [2.45, 2.75) is 18.0 Å². The maximum Gasteiger partial charge on any atom is 0.279 e. The van der Waals surface area contributed by atoms with Crippen LogP contribution in [0, 0.1) is 0 Å². The number of anilines is 2. The molecule has 0 radical (unpaired) electrons. The van der Waals surface area contributed by atoms with Gasteiger partial charge >= 0.3 is 0 Å². The molecule has 0 saturated heterocycles. The molecule has 2 aromatic carbocycles. The predicted octanol–water partition coefficient (Wildman–Crippen LogP) is 3.38. The van der Waals surface area contributed by atoms with Gasteiger partial charge in [0, 0.05) is 6.04 Å². The van der Waals surface area contributed by atoms with E-state index >= 15 is 0 Å². The molecule has 0 aliphatic heterocycles. The molecule has 1 heterocycles. The molecule has 24 heavy (non-hydrogen) atoms. The molecular formula is C17H18N4O2S. The van der Waals surface area contributed by atoms with Gasteiger partial charge in [-0.15, -0.1) is 0 Å². The van der Waals surface area contributed by atoms with Gasteiger partial charge in [-0.3, -0.25) is 4.72 Å². The minimum absolute atomic E-state index is 0.0217. The Morgan fingerprint density at radius 1 is 1.00 bits per heavy atom. The van der Waals surface area contributed by atoms with Crippen LogP contribution in [0.25, 0.3) is 0 Å². The van der Waals surface area contributed by atoms with E-state index in [0.29, 0.717) is 11.4 Å². The first-order valence-electron chi connectivity index (χ1n) is 7.48. The van der Waals surface area contributed by atoms with Gasteiger partial charge in [0.05, 0.1) is 23.9 Å². The molecule has 1 atom stereocenters. The number of benzene rings is 2. The lowest BCUT2D eigenvalue weighted by Gasteiger charge is -2.19. The Morgan fingerprint density at radius 3 is 2.33 bits per heavy atom. The number of aromatic amines is 1. The fourth-order valence-corrected chi connectivity index (χ4v) is 3.33. The van der Waals surface area contributed by atoms with Gasteiger partial charge in [0.1, 0.15) is 0 Å². The average Bonchev–Trinajstić information content (AvgIpc) is 3.13. The van der Waals surface area contributed by atoms with Gasteiger partial charge in [0.2, 0.25) is 0 Å². The highest BCUT2D eigenvalue weighted by atomic mass is 32.2. The second-order valence-corrected chi connectivity index (χ2v) is 6.99. The van der Waals surface area contributed by atoms with Gasteiger partial charge < -0.3 is 10.3 Å². The molecule has 0 fully saturated rings. The summed E-state index contributed by atoms with van der Waals surface area (Å²) in [6.07, 6.45) is 2.60. The van der Waals surface area contributed by atoms with Crippen LogP contribution in [0.2, 0.25) is 0 Å². The van der Waals surface area contributed by atoms with Gasteiger partial charge in [-0.25, -0.2) is 4.98 Å². The number of para-hydroxylation sites is 2. The van der Waals surface area contributed by atoms with Crippen LogP contribution in [0.15, 0.2) is 72.1 Å². The maximum absolute atomic E-state index is 12.4. The number of hydrogen-bond acceptors (Lipinski definition) is 4. The molecule has 0 unspecified atom stereocenters. The number of aromatic nitrogens is 2. The zero-order valence-electron chi connectivity index (χ0n) is 13.1. The fourth-order valence-electron chi connectivity index (χ4n) is 2.35. The standard InChI is InChI=1S/C17H18N4O2S/c1-13(14-7-3-2-4-8-14)20-15-9-5-6-10-16(15)21-24(22,23)17-11-18-12-19-17/h2-13,20-21H,1H3,(H,18,19)/t13-/m0/s1. The molecule has 0 amide bonds. The highest BCUT2D eigenvalue weighted by Gasteiger charge is 2.17. The molecule has 3 aromatic rings. The number of H-pyrrole nitrogens is 1. The SMILES string of the molecule is C[C@H](Nc1ccccc1NS(=O)(=O)c1cnc[nH]1)c1ccccc1. The Kier molecular flexibility index (Phi) is 4.52.